The number of carbonyl (C=O) groups excluding carboxylic acids is 2. The summed E-state index contributed by atoms with van der Waals surface area (Å²) in [6.07, 6.45) is 0. The van der Waals surface area contributed by atoms with Crippen molar-refractivity contribution in [3.8, 4) is 17.2 Å². The van der Waals surface area contributed by atoms with Crippen molar-refractivity contribution in [2.45, 2.75) is 6.92 Å². The lowest BCUT2D eigenvalue weighted by Crippen LogP contribution is -2.18. The van der Waals surface area contributed by atoms with Gasteiger partial charge >= 0.3 is 0 Å². The fourth-order valence-corrected chi connectivity index (χ4v) is 4.43. The molecule has 1 aliphatic heterocycles. The molecule has 2 amide bonds. The summed E-state index contributed by atoms with van der Waals surface area (Å²) in [6.45, 7) is 2.39. The number of hydrogen-bond donors (Lipinski definition) is 2. The molecule has 0 spiro atoms. The fraction of sp³-hybridized carbons (Fsp3) is 0.103. The van der Waals surface area contributed by atoms with Gasteiger partial charge in [-0.1, -0.05) is 42.5 Å². The number of benzene rings is 4. The Morgan fingerprint density at radius 2 is 1.62 bits per heavy atom. The predicted octanol–water partition coefficient (Wildman–Crippen LogP) is 6.22. The van der Waals surface area contributed by atoms with Crippen LogP contribution >= 0.6 is 0 Å². The second-order valence-electron chi connectivity index (χ2n) is 8.37. The van der Waals surface area contributed by atoms with E-state index in [0.717, 1.165) is 10.8 Å². The third-order valence-electron chi connectivity index (χ3n) is 6.09. The van der Waals surface area contributed by atoms with E-state index in [4.69, 9.17) is 18.6 Å². The van der Waals surface area contributed by atoms with E-state index >= 15 is 0 Å². The molecular weight excluding hydrogens is 472 g/mol. The van der Waals surface area contributed by atoms with Crippen LogP contribution in [0.5, 0.6) is 17.2 Å². The number of amides is 2. The second-order valence-corrected chi connectivity index (χ2v) is 8.37. The molecule has 1 aliphatic rings. The number of furan rings is 1. The Balaban J connectivity index is 1.39. The molecule has 2 N–H and O–H groups in total. The van der Waals surface area contributed by atoms with Gasteiger partial charge < -0.3 is 29.3 Å². The molecule has 0 unspecified atom stereocenters. The molecule has 37 heavy (non-hydrogen) atoms. The van der Waals surface area contributed by atoms with Crippen molar-refractivity contribution >= 4 is 44.9 Å². The van der Waals surface area contributed by atoms with Gasteiger partial charge in [-0.25, -0.2) is 0 Å². The van der Waals surface area contributed by atoms with E-state index in [-0.39, 0.29) is 18.2 Å². The molecule has 4 aromatic carbocycles. The maximum Gasteiger partial charge on any atom is 0.293 e. The first kappa shape index (κ1) is 22.5. The molecule has 0 radical (unpaired) electrons. The lowest BCUT2D eigenvalue weighted by Gasteiger charge is -2.14. The summed E-state index contributed by atoms with van der Waals surface area (Å²) in [5, 5.41) is 7.99. The summed E-state index contributed by atoms with van der Waals surface area (Å²) in [6, 6.07) is 23.5. The zero-order valence-electron chi connectivity index (χ0n) is 19.9. The van der Waals surface area contributed by atoms with Crippen LogP contribution in [0.1, 0.15) is 27.8 Å². The second kappa shape index (κ2) is 9.23. The van der Waals surface area contributed by atoms with E-state index in [1.54, 1.807) is 42.5 Å². The zero-order valence-corrected chi connectivity index (χ0v) is 19.9. The van der Waals surface area contributed by atoms with E-state index < -0.39 is 11.8 Å². The number of anilines is 2. The minimum absolute atomic E-state index is 0.0228. The summed E-state index contributed by atoms with van der Waals surface area (Å²) in [7, 11) is 0. The fourth-order valence-electron chi connectivity index (χ4n) is 4.43. The highest BCUT2D eigenvalue weighted by Crippen LogP contribution is 2.36. The maximum absolute atomic E-state index is 13.7. The standard InChI is InChI=1S/C29H22N2O6/c1-2-34-23-13-11-17-7-3-4-8-19(17)25(23)28(32)31-26-20-9-5-6-10-21(20)37-27(26)29(33)30-18-12-14-22-24(15-18)36-16-35-22/h3-15H,2,16H2,1H3,(H,30,33)(H,31,32). The molecule has 184 valence electrons. The Morgan fingerprint density at radius 1 is 0.838 bits per heavy atom. The molecule has 1 aromatic heterocycles. The van der Waals surface area contributed by atoms with Crippen LogP contribution < -0.4 is 24.8 Å². The van der Waals surface area contributed by atoms with Crippen LogP contribution in [0.15, 0.2) is 83.3 Å². The summed E-state index contributed by atoms with van der Waals surface area (Å²) < 4.78 is 22.4. The van der Waals surface area contributed by atoms with E-state index in [1.807, 2.05) is 43.3 Å². The molecule has 0 saturated carbocycles. The first-order chi connectivity index (χ1) is 18.1. The quantitative estimate of drug-likeness (QED) is 0.291. The highest BCUT2D eigenvalue weighted by molar-refractivity contribution is 6.20. The summed E-state index contributed by atoms with van der Waals surface area (Å²) in [4.78, 5) is 27.1. The number of hydrogen-bond acceptors (Lipinski definition) is 6. The van der Waals surface area contributed by atoms with Crippen molar-refractivity contribution in [2.75, 3.05) is 24.0 Å². The Labute approximate surface area is 211 Å². The highest BCUT2D eigenvalue weighted by atomic mass is 16.7. The molecule has 8 heteroatoms. The van der Waals surface area contributed by atoms with E-state index in [9.17, 15) is 9.59 Å². The largest absolute Gasteiger partial charge is 0.493 e. The average Bonchev–Trinajstić information content (AvgIpc) is 3.53. The van der Waals surface area contributed by atoms with Crippen molar-refractivity contribution in [2.24, 2.45) is 0 Å². The van der Waals surface area contributed by atoms with Crippen LogP contribution in [0.4, 0.5) is 11.4 Å². The Morgan fingerprint density at radius 3 is 2.49 bits per heavy atom. The van der Waals surface area contributed by atoms with Crippen molar-refractivity contribution in [3.05, 3.63) is 90.2 Å². The van der Waals surface area contributed by atoms with Gasteiger partial charge in [0.2, 0.25) is 12.6 Å². The number of para-hydroxylation sites is 1. The Kier molecular flexibility index (Phi) is 5.61. The molecular formula is C29H22N2O6. The van der Waals surface area contributed by atoms with E-state index in [1.165, 1.54) is 0 Å². The number of nitrogens with one attached hydrogen (secondary N) is 2. The minimum Gasteiger partial charge on any atom is -0.493 e. The third kappa shape index (κ3) is 4.08. The van der Waals surface area contributed by atoms with Gasteiger partial charge in [0.1, 0.15) is 17.0 Å². The molecule has 8 nitrogen and oxygen atoms in total. The molecule has 0 bridgehead atoms. The van der Waals surface area contributed by atoms with Gasteiger partial charge in [-0.3, -0.25) is 9.59 Å². The number of fused-ring (bicyclic) bond motifs is 3. The SMILES string of the molecule is CCOc1ccc2ccccc2c1C(=O)Nc1c(C(=O)Nc2ccc3c(c2)OCO3)oc2ccccc12. The maximum atomic E-state index is 13.7. The predicted molar refractivity (Wildman–Crippen MR) is 140 cm³/mol. The highest BCUT2D eigenvalue weighted by Gasteiger charge is 2.25. The van der Waals surface area contributed by atoms with Crippen molar-refractivity contribution in [1.82, 2.24) is 0 Å². The molecule has 0 fully saturated rings. The summed E-state index contributed by atoms with van der Waals surface area (Å²) in [5.41, 5.74) is 1.62. The van der Waals surface area contributed by atoms with E-state index in [0.29, 0.717) is 46.1 Å². The third-order valence-corrected chi connectivity index (χ3v) is 6.09. The topological polar surface area (TPSA) is 99.0 Å². The zero-order chi connectivity index (χ0) is 25.4. The number of ether oxygens (including phenoxy) is 3. The summed E-state index contributed by atoms with van der Waals surface area (Å²) in [5.74, 6) is 0.644. The normalized spacial score (nSPS) is 12.0. The first-order valence-electron chi connectivity index (χ1n) is 11.8. The molecule has 2 heterocycles. The minimum atomic E-state index is -0.520. The van der Waals surface area contributed by atoms with Crippen LogP contribution in [0.2, 0.25) is 0 Å². The molecule has 0 saturated heterocycles. The smallest absolute Gasteiger partial charge is 0.293 e. The van der Waals surface area contributed by atoms with Crippen LogP contribution in [-0.2, 0) is 0 Å². The van der Waals surface area contributed by atoms with Gasteiger partial charge in [-0.05, 0) is 48.0 Å². The lowest BCUT2D eigenvalue weighted by atomic mass is 10.0. The van der Waals surface area contributed by atoms with Crippen molar-refractivity contribution in [3.63, 3.8) is 0 Å². The van der Waals surface area contributed by atoms with Crippen LogP contribution in [-0.4, -0.2) is 25.2 Å². The molecule has 0 atom stereocenters. The summed E-state index contributed by atoms with van der Waals surface area (Å²) >= 11 is 0. The first-order valence-corrected chi connectivity index (χ1v) is 11.8. The average molecular weight is 495 g/mol. The van der Waals surface area contributed by atoms with Gasteiger partial charge in [-0.15, -0.1) is 0 Å². The molecule has 0 aliphatic carbocycles. The van der Waals surface area contributed by atoms with Crippen molar-refractivity contribution in [1.29, 1.82) is 0 Å². The monoisotopic (exact) mass is 494 g/mol. The van der Waals surface area contributed by atoms with Crippen LogP contribution in [0.3, 0.4) is 0 Å². The van der Waals surface area contributed by atoms with Gasteiger partial charge in [0.25, 0.3) is 11.8 Å². The molecule has 5 aromatic rings. The van der Waals surface area contributed by atoms with E-state index in [2.05, 4.69) is 10.6 Å². The number of rotatable bonds is 6. The Hall–Kier alpha value is -4.98. The number of carbonyl (C=O) groups is 2. The van der Waals surface area contributed by atoms with Gasteiger partial charge in [0.05, 0.1) is 12.2 Å². The van der Waals surface area contributed by atoms with Gasteiger partial charge in [0, 0.05) is 17.1 Å². The van der Waals surface area contributed by atoms with Crippen LogP contribution in [0.25, 0.3) is 21.7 Å². The van der Waals surface area contributed by atoms with Gasteiger partial charge in [-0.2, -0.15) is 0 Å². The van der Waals surface area contributed by atoms with Gasteiger partial charge in [0.15, 0.2) is 11.5 Å². The Bertz CT molecular complexity index is 1670. The molecule has 6 rings (SSSR count). The lowest BCUT2D eigenvalue weighted by molar-refractivity contribution is 0.0999. The van der Waals surface area contributed by atoms with Crippen molar-refractivity contribution < 1.29 is 28.2 Å². The van der Waals surface area contributed by atoms with Crippen LogP contribution in [0, 0.1) is 0 Å².